The van der Waals surface area contributed by atoms with Gasteiger partial charge < -0.3 is 19.9 Å². The first-order chi connectivity index (χ1) is 16.3. The van der Waals surface area contributed by atoms with Crippen molar-refractivity contribution in [3.63, 3.8) is 0 Å². The lowest BCUT2D eigenvalue weighted by atomic mass is 10.2. The van der Waals surface area contributed by atoms with Crippen LogP contribution in [-0.4, -0.2) is 38.1 Å². The number of anilines is 1. The van der Waals surface area contributed by atoms with Crippen molar-refractivity contribution < 1.29 is 19.0 Å². The number of hydrogen-bond acceptors (Lipinski definition) is 5. The van der Waals surface area contributed by atoms with Crippen LogP contribution in [0.3, 0.4) is 0 Å². The zero-order valence-electron chi connectivity index (χ0n) is 19.2. The summed E-state index contributed by atoms with van der Waals surface area (Å²) < 4.78 is 17.7. The number of nitrogens with zero attached hydrogens (tertiary/aromatic N) is 2. The van der Waals surface area contributed by atoms with Crippen LogP contribution >= 0.6 is 11.6 Å². The molecule has 0 spiro atoms. The van der Waals surface area contributed by atoms with Gasteiger partial charge in [0.25, 0.3) is 0 Å². The lowest BCUT2D eigenvalue weighted by molar-refractivity contribution is 0.233. The molecule has 0 heterocycles. The van der Waals surface area contributed by atoms with Crippen LogP contribution in [0.25, 0.3) is 0 Å². The fourth-order valence-corrected chi connectivity index (χ4v) is 3.51. The molecule has 3 aromatic carbocycles. The maximum Gasteiger partial charge on any atom is 0.330 e. The largest absolute Gasteiger partial charge is 0.491 e. The molecule has 0 bridgehead atoms. The van der Waals surface area contributed by atoms with Crippen LogP contribution in [0, 0.1) is 5.41 Å². The molecular formula is C25H27ClN4O4. The van der Waals surface area contributed by atoms with Crippen LogP contribution < -0.4 is 24.8 Å². The SMILES string of the molecule is COc1c(OCc2ccccc2)cc(OCc2ccccc2)c(Cl)c1N(C)C(=O)N(C)C(=N)N. The molecule has 9 heteroatoms. The van der Waals surface area contributed by atoms with E-state index in [4.69, 9.17) is 37.0 Å². The molecular weight excluding hydrogens is 456 g/mol. The maximum absolute atomic E-state index is 12.9. The van der Waals surface area contributed by atoms with Crippen molar-refractivity contribution in [2.24, 2.45) is 5.73 Å². The Bertz CT molecular complexity index is 1140. The summed E-state index contributed by atoms with van der Waals surface area (Å²) >= 11 is 6.71. The highest BCUT2D eigenvalue weighted by Crippen LogP contribution is 2.48. The Morgan fingerprint density at radius 2 is 1.44 bits per heavy atom. The predicted molar refractivity (Wildman–Crippen MR) is 133 cm³/mol. The lowest BCUT2D eigenvalue weighted by Crippen LogP contribution is -2.45. The summed E-state index contributed by atoms with van der Waals surface area (Å²) in [4.78, 5) is 15.1. The van der Waals surface area contributed by atoms with Crippen molar-refractivity contribution in [2.75, 3.05) is 26.1 Å². The number of carbonyl (C=O) groups excluding carboxylic acids is 1. The number of amides is 2. The highest BCUT2D eigenvalue weighted by Gasteiger charge is 2.28. The second-order valence-corrected chi connectivity index (χ2v) is 7.78. The van der Waals surface area contributed by atoms with Gasteiger partial charge in [-0.05, 0) is 11.1 Å². The van der Waals surface area contributed by atoms with E-state index in [0.717, 1.165) is 16.0 Å². The second kappa shape index (κ2) is 11.3. The van der Waals surface area contributed by atoms with Gasteiger partial charge in [0.2, 0.25) is 0 Å². The number of hydrogen-bond donors (Lipinski definition) is 2. The van der Waals surface area contributed by atoms with E-state index in [1.54, 1.807) is 6.07 Å². The number of ether oxygens (including phenoxy) is 3. The molecule has 0 aliphatic carbocycles. The first kappa shape index (κ1) is 24.7. The van der Waals surface area contributed by atoms with E-state index in [9.17, 15) is 4.79 Å². The molecule has 8 nitrogen and oxygen atoms in total. The molecule has 178 valence electrons. The van der Waals surface area contributed by atoms with E-state index in [1.807, 2.05) is 60.7 Å². The molecule has 3 N–H and O–H groups in total. The Morgan fingerprint density at radius 3 is 1.91 bits per heavy atom. The molecule has 2 amide bonds. The van der Waals surface area contributed by atoms with E-state index < -0.39 is 12.0 Å². The van der Waals surface area contributed by atoms with Crippen molar-refractivity contribution in [1.82, 2.24) is 4.90 Å². The fourth-order valence-electron chi connectivity index (χ4n) is 3.18. The molecule has 0 aliphatic heterocycles. The summed E-state index contributed by atoms with van der Waals surface area (Å²) in [5, 5.41) is 7.75. The normalized spacial score (nSPS) is 10.4. The third kappa shape index (κ3) is 5.71. The van der Waals surface area contributed by atoms with Crippen molar-refractivity contribution >= 4 is 29.3 Å². The molecule has 0 unspecified atom stereocenters. The molecule has 3 aromatic rings. The second-order valence-electron chi connectivity index (χ2n) is 7.40. The van der Waals surface area contributed by atoms with Crippen LogP contribution in [0.1, 0.15) is 11.1 Å². The first-order valence-electron chi connectivity index (χ1n) is 10.4. The Hall–Kier alpha value is -3.91. The number of nitrogens with one attached hydrogen (secondary N) is 1. The van der Waals surface area contributed by atoms with Crippen LogP contribution in [0.15, 0.2) is 66.7 Å². The highest BCUT2D eigenvalue weighted by atomic mass is 35.5. The van der Waals surface area contributed by atoms with Crippen molar-refractivity contribution in [1.29, 1.82) is 5.41 Å². The minimum Gasteiger partial charge on any atom is -0.491 e. The molecule has 0 fully saturated rings. The smallest absolute Gasteiger partial charge is 0.330 e. The Kier molecular flexibility index (Phi) is 8.21. The third-order valence-corrected chi connectivity index (χ3v) is 5.44. The molecule has 0 saturated heterocycles. The fraction of sp³-hybridized carbons (Fsp3) is 0.200. The zero-order chi connectivity index (χ0) is 24.7. The summed E-state index contributed by atoms with van der Waals surface area (Å²) in [6.07, 6.45) is 0. The van der Waals surface area contributed by atoms with Gasteiger partial charge in [-0.15, -0.1) is 0 Å². The molecule has 34 heavy (non-hydrogen) atoms. The van der Waals surface area contributed by atoms with Crippen molar-refractivity contribution in [2.45, 2.75) is 13.2 Å². The Morgan fingerprint density at radius 1 is 0.941 bits per heavy atom. The maximum atomic E-state index is 12.9. The highest BCUT2D eigenvalue weighted by molar-refractivity contribution is 6.36. The van der Waals surface area contributed by atoms with E-state index in [-0.39, 0.29) is 29.7 Å². The number of benzene rings is 3. The summed E-state index contributed by atoms with van der Waals surface area (Å²) in [7, 11) is 4.36. The number of methoxy groups -OCH3 is 1. The van der Waals surface area contributed by atoms with Gasteiger partial charge in [0.15, 0.2) is 17.5 Å². The number of guanidine groups is 1. The minimum atomic E-state index is -0.582. The van der Waals surface area contributed by atoms with Crippen LogP contribution in [-0.2, 0) is 13.2 Å². The average molecular weight is 483 g/mol. The Balaban J connectivity index is 2.02. The van der Waals surface area contributed by atoms with E-state index in [1.165, 1.54) is 26.1 Å². The van der Waals surface area contributed by atoms with Crippen LogP contribution in [0.5, 0.6) is 17.2 Å². The first-order valence-corrected chi connectivity index (χ1v) is 10.8. The molecule has 0 atom stereocenters. The molecule has 0 aliphatic rings. The molecule has 3 rings (SSSR count). The van der Waals surface area contributed by atoms with E-state index in [0.29, 0.717) is 11.5 Å². The standard InChI is InChI=1S/C25H27ClN4O4/c1-29(25(31)30(2)24(27)28)22-21(26)19(33-15-17-10-6-4-7-11-17)14-20(23(22)32-3)34-16-18-12-8-5-9-13-18/h4-14H,15-16H2,1-3H3,(H3,27,28). The van der Waals surface area contributed by atoms with Gasteiger partial charge in [0.05, 0.1) is 7.11 Å². The van der Waals surface area contributed by atoms with Crippen LogP contribution in [0.4, 0.5) is 10.5 Å². The number of halogens is 1. The molecule has 0 aromatic heterocycles. The number of nitrogens with two attached hydrogens (primary N) is 1. The minimum absolute atomic E-state index is 0.160. The van der Waals surface area contributed by atoms with E-state index >= 15 is 0 Å². The quantitative estimate of drug-likeness (QED) is 0.351. The average Bonchev–Trinajstić information content (AvgIpc) is 2.86. The number of urea groups is 1. The van der Waals surface area contributed by atoms with Gasteiger partial charge in [-0.25, -0.2) is 4.79 Å². The van der Waals surface area contributed by atoms with E-state index in [2.05, 4.69) is 0 Å². The van der Waals surface area contributed by atoms with Gasteiger partial charge in [0, 0.05) is 20.2 Å². The van der Waals surface area contributed by atoms with Crippen molar-refractivity contribution in [3.8, 4) is 17.2 Å². The predicted octanol–water partition coefficient (Wildman–Crippen LogP) is 4.89. The van der Waals surface area contributed by atoms with Gasteiger partial charge >= 0.3 is 6.03 Å². The molecule has 0 saturated carbocycles. The summed E-state index contributed by atoms with van der Waals surface area (Å²) in [6.45, 7) is 0.525. The summed E-state index contributed by atoms with van der Waals surface area (Å²) in [5.41, 5.74) is 7.63. The number of rotatable bonds is 8. The molecule has 0 radical (unpaired) electrons. The van der Waals surface area contributed by atoms with Gasteiger partial charge in [-0.2, -0.15) is 0 Å². The van der Waals surface area contributed by atoms with Gasteiger partial charge in [0.1, 0.15) is 29.7 Å². The summed E-state index contributed by atoms with van der Waals surface area (Å²) in [5.74, 6) is 0.498. The monoisotopic (exact) mass is 482 g/mol. The zero-order valence-corrected chi connectivity index (χ0v) is 20.0. The topological polar surface area (TPSA) is 101 Å². The van der Waals surface area contributed by atoms with Crippen molar-refractivity contribution in [3.05, 3.63) is 82.9 Å². The summed E-state index contributed by atoms with van der Waals surface area (Å²) in [6, 6.07) is 20.3. The van der Waals surface area contributed by atoms with Gasteiger partial charge in [-0.3, -0.25) is 15.2 Å². The third-order valence-electron chi connectivity index (χ3n) is 5.07. The van der Waals surface area contributed by atoms with Gasteiger partial charge in [-0.1, -0.05) is 72.3 Å². The Labute approximate surface area is 203 Å². The van der Waals surface area contributed by atoms with Crippen LogP contribution in [0.2, 0.25) is 5.02 Å². The number of carbonyl (C=O) groups is 1. The lowest BCUT2D eigenvalue weighted by Gasteiger charge is -2.27.